The minimum Gasteiger partial charge on any atom is -0.465 e. The van der Waals surface area contributed by atoms with E-state index in [1.165, 1.54) is 0 Å². The summed E-state index contributed by atoms with van der Waals surface area (Å²) in [7, 11) is 0. The summed E-state index contributed by atoms with van der Waals surface area (Å²) in [6.45, 7) is 5.97. The second-order valence-corrected chi connectivity index (χ2v) is 5.93. The van der Waals surface area contributed by atoms with Gasteiger partial charge in [-0.2, -0.15) is 11.8 Å². The van der Waals surface area contributed by atoms with E-state index in [9.17, 15) is 9.90 Å². The van der Waals surface area contributed by atoms with Crippen molar-refractivity contribution >= 4 is 17.7 Å². The molecule has 4 nitrogen and oxygen atoms in total. The van der Waals surface area contributed by atoms with Gasteiger partial charge in [-0.25, -0.2) is 0 Å². The zero-order chi connectivity index (χ0) is 12.8. The van der Waals surface area contributed by atoms with Crippen LogP contribution >= 0.6 is 11.8 Å². The quantitative estimate of drug-likeness (QED) is 0.642. The number of aliphatic hydroxyl groups excluding tert-OH is 1. The van der Waals surface area contributed by atoms with Crippen molar-refractivity contribution in [3.8, 4) is 0 Å². The zero-order valence-corrected chi connectivity index (χ0v) is 11.6. The molecule has 0 radical (unpaired) electrons. The van der Waals surface area contributed by atoms with Gasteiger partial charge in [-0.15, -0.1) is 0 Å². The molecule has 0 bridgehead atoms. The Labute approximate surface area is 107 Å². The van der Waals surface area contributed by atoms with E-state index < -0.39 is 0 Å². The van der Waals surface area contributed by atoms with Gasteiger partial charge >= 0.3 is 5.97 Å². The Balaban J connectivity index is 2.36. The summed E-state index contributed by atoms with van der Waals surface area (Å²) in [6.07, 6.45) is 1.93. The normalized spacial score (nSPS) is 20.7. The lowest BCUT2D eigenvalue weighted by molar-refractivity contribution is -0.145. The molecule has 1 fully saturated rings. The number of hydrogen-bond donors (Lipinski definition) is 2. The number of carbonyl (C=O) groups excluding carboxylic acids is 1. The number of aliphatic hydroxyl groups is 1. The second-order valence-electron chi connectivity index (χ2n) is 4.52. The van der Waals surface area contributed by atoms with E-state index in [1.807, 2.05) is 13.8 Å². The standard InChI is InChI=1S/C12H23NO3S/c1-4-16-12(15)11(13-10-5-6-10)7-17-9(3)8(2)14/h8-11,13-14H,4-7H2,1-3H3. The molecule has 3 atom stereocenters. The van der Waals surface area contributed by atoms with Gasteiger partial charge in [-0.05, 0) is 26.7 Å². The fourth-order valence-electron chi connectivity index (χ4n) is 1.35. The summed E-state index contributed by atoms with van der Waals surface area (Å²) in [4.78, 5) is 11.7. The summed E-state index contributed by atoms with van der Waals surface area (Å²) in [5.74, 6) is 0.478. The first-order chi connectivity index (χ1) is 8.04. The fraction of sp³-hybridized carbons (Fsp3) is 0.917. The average molecular weight is 261 g/mol. The molecule has 17 heavy (non-hydrogen) atoms. The number of hydrogen-bond acceptors (Lipinski definition) is 5. The van der Waals surface area contributed by atoms with Gasteiger partial charge in [0.1, 0.15) is 6.04 Å². The summed E-state index contributed by atoms with van der Waals surface area (Å²) >= 11 is 1.60. The molecule has 0 aromatic carbocycles. The first-order valence-corrected chi connectivity index (χ1v) is 7.31. The summed E-state index contributed by atoms with van der Waals surface area (Å²) in [6, 6.07) is 0.237. The van der Waals surface area contributed by atoms with Crippen molar-refractivity contribution in [2.24, 2.45) is 0 Å². The molecule has 5 heteroatoms. The molecule has 0 spiro atoms. The van der Waals surface area contributed by atoms with Crippen LogP contribution in [0.4, 0.5) is 0 Å². The van der Waals surface area contributed by atoms with Crippen LogP contribution in [0.15, 0.2) is 0 Å². The number of nitrogens with one attached hydrogen (secondary N) is 1. The van der Waals surface area contributed by atoms with E-state index in [4.69, 9.17) is 4.74 Å². The lowest BCUT2D eigenvalue weighted by Crippen LogP contribution is -2.42. The Kier molecular flexibility index (Phi) is 6.30. The Morgan fingerprint density at radius 3 is 2.65 bits per heavy atom. The van der Waals surface area contributed by atoms with E-state index in [0.29, 0.717) is 18.4 Å². The molecule has 0 saturated heterocycles. The van der Waals surface area contributed by atoms with Crippen LogP contribution < -0.4 is 5.32 Å². The van der Waals surface area contributed by atoms with Gasteiger partial charge in [0.2, 0.25) is 0 Å². The molecule has 100 valence electrons. The molecule has 0 aromatic rings. The molecule has 0 amide bonds. The maximum Gasteiger partial charge on any atom is 0.323 e. The highest BCUT2D eigenvalue weighted by Crippen LogP contribution is 2.22. The smallest absolute Gasteiger partial charge is 0.323 e. The molecule has 3 unspecified atom stereocenters. The van der Waals surface area contributed by atoms with Crippen molar-refractivity contribution in [3.05, 3.63) is 0 Å². The SMILES string of the molecule is CCOC(=O)C(CSC(C)C(C)O)NC1CC1. The lowest BCUT2D eigenvalue weighted by Gasteiger charge is -2.20. The Bertz CT molecular complexity index is 244. The molecular formula is C12H23NO3S. The number of esters is 1. The second kappa shape index (κ2) is 7.24. The topological polar surface area (TPSA) is 58.6 Å². The molecule has 1 rings (SSSR count). The van der Waals surface area contributed by atoms with E-state index in [1.54, 1.807) is 18.7 Å². The summed E-state index contributed by atoms with van der Waals surface area (Å²) in [5.41, 5.74) is 0. The van der Waals surface area contributed by atoms with Crippen LogP contribution in [0.2, 0.25) is 0 Å². The lowest BCUT2D eigenvalue weighted by atomic mass is 10.3. The minimum atomic E-state index is -0.358. The summed E-state index contributed by atoms with van der Waals surface area (Å²) < 4.78 is 5.05. The molecule has 1 saturated carbocycles. The highest BCUT2D eigenvalue weighted by molar-refractivity contribution is 8.00. The van der Waals surface area contributed by atoms with Gasteiger partial charge in [0, 0.05) is 17.0 Å². The van der Waals surface area contributed by atoms with Crippen molar-refractivity contribution < 1.29 is 14.6 Å². The van der Waals surface area contributed by atoms with E-state index in [-0.39, 0.29) is 23.4 Å². The number of ether oxygens (including phenoxy) is 1. The number of thioether (sulfide) groups is 1. The van der Waals surface area contributed by atoms with E-state index >= 15 is 0 Å². The van der Waals surface area contributed by atoms with Gasteiger partial charge in [-0.1, -0.05) is 6.92 Å². The van der Waals surface area contributed by atoms with Crippen molar-refractivity contribution in [2.75, 3.05) is 12.4 Å². The predicted octanol–water partition coefficient (Wildman–Crippen LogP) is 1.17. The number of carbonyl (C=O) groups is 1. The van der Waals surface area contributed by atoms with Crippen LogP contribution in [-0.4, -0.2) is 46.9 Å². The van der Waals surface area contributed by atoms with Crippen LogP contribution in [0, 0.1) is 0 Å². The molecule has 0 aromatic heterocycles. The molecule has 0 heterocycles. The van der Waals surface area contributed by atoms with Crippen LogP contribution in [0.3, 0.4) is 0 Å². The minimum absolute atomic E-state index is 0.132. The van der Waals surface area contributed by atoms with E-state index in [2.05, 4.69) is 5.32 Å². The molecular weight excluding hydrogens is 238 g/mol. The van der Waals surface area contributed by atoms with Crippen molar-refractivity contribution in [1.29, 1.82) is 0 Å². The Hall–Kier alpha value is -0.260. The van der Waals surface area contributed by atoms with Crippen LogP contribution in [0.5, 0.6) is 0 Å². The average Bonchev–Trinajstić information content (AvgIpc) is 3.07. The van der Waals surface area contributed by atoms with Crippen LogP contribution in [0.1, 0.15) is 33.6 Å². The van der Waals surface area contributed by atoms with Gasteiger partial charge in [-0.3, -0.25) is 4.79 Å². The first kappa shape index (κ1) is 14.8. The predicted molar refractivity (Wildman–Crippen MR) is 70.2 cm³/mol. The molecule has 1 aliphatic carbocycles. The monoisotopic (exact) mass is 261 g/mol. The first-order valence-electron chi connectivity index (χ1n) is 6.27. The Morgan fingerprint density at radius 2 is 2.18 bits per heavy atom. The van der Waals surface area contributed by atoms with Gasteiger partial charge in [0.05, 0.1) is 12.7 Å². The van der Waals surface area contributed by atoms with Gasteiger partial charge in [0.25, 0.3) is 0 Å². The largest absolute Gasteiger partial charge is 0.465 e. The third-order valence-electron chi connectivity index (χ3n) is 2.79. The molecule has 0 aliphatic heterocycles. The van der Waals surface area contributed by atoms with Crippen LogP contribution in [-0.2, 0) is 9.53 Å². The van der Waals surface area contributed by atoms with Crippen molar-refractivity contribution in [2.45, 2.75) is 57.1 Å². The third-order valence-corrected chi connectivity index (χ3v) is 4.24. The van der Waals surface area contributed by atoms with Crippen LogP contribution in [0.25, 0.3) is 0 Å². The fourth-order valence-corrected chi connectivity index (χ4v) is 2.36. The van der Waals surface area contributed by atoms with E-state index in [0.717, 1.165) is 12.8 Å². The number of rotatable bonds is 8. The maximum absolute atomic E-state index is 11.7. The Morgan fingerprint density at radius 1 is 1.53 bits per heavy atom. The summed E-state index contributed by atoms with van der Waals surface area (Å²) in [5, 5.41) is 12.8. The third kappa shape index (κ3) is 5.75. The zero-order valence-electron chi connectivity index (χ0n) is 10.8. The van der Waals surface area contributed by atoms with Crippen molar-refractivity contribution in [1.82, 2.24) is 5.32 Å². The maximum atomic E-state index is 11.7. The van der Waals surface area contributed by atoms with Crippen molar-refractivity contribution in [3.63, 3.8) is 0 Å². The van der Waals surface area contributed by atoms with Gasteiger partial charge < -0.3 is 15.2 Å². The van der Waals surface area contributed by atoms with Gasteiger partial charge in [0.15, 0.2) is 0 Å². The highest BCUT2D eigenvalue weighted by atomic mass is 32.2. The molecule has 1 aliphatic rings. The highest BCUT2D eigenvalue weighted by Gasteiger charge is 2.29. The molecule has 2 N–H and O–H groups in total.